The van der Waals surface area contributed by atoms with Crippen molar-refractivity contribution in [3.05, 3.63) is 39.4 Å². The number of aromatic carboxylic acids is 1. The Balaban J connectivity index is 2.55. The van der Waals surface area contributed by atoms with Gasteiger partial charge in [0.15, 0.2) is 0 Å². The minimum atomic E-state index is -0.879. The van der Waals surface area contributed by atoms with E-state index in [0.29, 0.717) is 22.9 Å². The second-order valence-corrected chi connectivity index (χ2v) is 6.95. The topological polar surface area (TPSA) is 50.2 Å². The van der Waals surface area contributed by atoms with Gasteiger partial charge in [-0.05, 0) is 55.9 Å². The number of hydrogen-bond donors (Lipinski definition) is 1. The summed E-state index contributed by atoms with van der Waals surface area (Å²) >= 11 is 1.28. The first kappa shape index (κ1) is 15.7. The second kappa shape index (κ2) is 5.98. The highest BCUT2D eigenvalue weighted by atomic mass is 32.1. The van der Waals surface area contributed by atoms with Crippen LogP contribution < -0.4 is 0 Å². The second-order valence-electron chi connectivity index (χ2n) is 5.95. The number of thiazole rings is 1. The Kier molecular flexibility index (Phi) is 4.47. The van der Waals surface area contributed by atoms with Crippen LogP contribution in [0.4, 0.5) is 0 Å². The van der Waals surface area contributed by atoms with Gasteiger partial charge in [-0.15, -0.1) is 11.3 Å². The zero-order valence-corrected chi connectivity index (χ0v) is 14.0. The van der Waals surface area contributed by atoms with Gasteiger partial charge >= 0.3 is 5.97 Å². The van der Waals surface area contributed by atoms with Crippen molar-refractivity contribution in [2.45, 2.75) is 41.0 Å². The predicted octanol–water partition coefficient (Wildman–Crippen LogP) is 4.63. The summed E-state index contributed by atoms with van der Waals surface area (Å²) in [6.45, 7) is 10.4. The maximum Gasteiger partial charge on any atom is 0.347 e. The first-order chi connectivity index (χ1) is 9.79. The van der Waals surface area contributed by atoms with Gasteiger partial charge in [-0.3, -0.25) is 0 Å². The van der Waals surface area contributed by atoms with Crippen molar-refractivity contribution in [1.29, 1.82) is 0 Å². The van der Waals surface area contributed by atoms with Crippen LogP contribution in [0.15, 0.2) is 12.1 Å². The number of carboxylic acid groups (broad SMARTS) is 1. The largest absolute Gasteiger partial charge is 0.477 e. The summed E-state index contributed by atoms with van der Waals surface area (Å²) in [6.07, 6.45) is 0.696. The summed E-state index contributed by atoms with van der Waals surface area (Å²) < 4.78 is 0. The third kappa shape index (κ3) is 3.32. The normalized spacial score (nSPS) is 11.1. The highest BCUT2D eigenvalue weighted by Crippen LogP contribution is 2.33. The van der Waals surface area contributed by atoms with E-state index in [0.717, 1.165) is 16.1 Å². The molecule has 0 aliphatic rings. The Morgan fingerprint density at radius 2 is 1.81 bits per heavy atom. The average Bonchev–Trinajstić information content (AvgIpc) is 2.76. The Labute approximate surface area is 129 Å². The van der Waals surface area contributed by atoms with Crippen LogP contribution >= 0.6 is 11.3 Å². The molecule has 2 aromatic rings. The van der Waals surface area contributed by atoms with Crippen molar-refractivity contribution < 1.29 is 9.90 Å². The number of aryl methyl sites for hydroxylation is 3. The average molecular weight is 303 g/mol. The molecule has 1 aromatic heterocycles. The smallest absolute Gasteiger partial charge is 0.347 e. The molecule has 1 aromatic carbocycles. The molecule has 0 spiro atoms. The van der Waals surface area contributed by atoms with Crippen LogP contribution in [0.25, 0.3) is 10.6 Å². The lowest BCUT2D eigenvalue weighted by atomic mass is 10.0. The Morgan fingerprint density at radius 3 is 2.38 bits per heavy atom. The van der Waals surface area contributed by atoms with E-state index >= 15 is 0 Å². The van der Waals surface area contributed by atoms with Gasteiger partial charge in [0.25, 0.3) is 0 Å². The molecule has 0 fully saturated rings. The molecule has 3 nitrogen and oxygen atoms in total. The maximum absolute atomic E-state index is 11.4. The van der Waals surface area contributed by atoms with Crippen molar-refractivity contribution in [2.75, 3.05) is 0 Å². The lowest BCUT2D eigenvalue weighted by Gasteiger charge is -2.07. The van der Waals surface area contributed by atoms with Gasteiger partial charge in [-0.1, -0.05) is 19.9 Å². The first-order valence-corrected chi connectivity index (χ1v) is 7.92. The van der Waals surface area contributed by atoms with E-state index < -0.39 is 5.97 Å². The van der Waals surface area contributed by atoms with Crippen LogP contribution in [0.3, 0.4) is 0 Å². The number of carboxylic acids is 1. The molecule has 0 radical (unpaired) electrons. The molecule has 0 aliphatic heterocycles. The summed E-state index contributed by atoms with van der Waals surface area (Å²) in [6, 6.07) is 4.24. The summed E-state index contributed by atoms with van der Waals surface area (Å²) in [5.74, 6) is -0.491. The molecule has 0 amide bonds. The van der Waals surface area contributed by atoms with Gasteiger partial charge in [0.1, 0.15) is 9.88 Å². The van der Waals surface area contributed by atoms with E-state index in [1.807, 2.05) is 6.92 Å². The van der Waals surface area contributed by atoms with E-state index in [4.69, 9.17) is 0 Å². The summed E-state index contributed by atoms with van der Waals surface area (Å²) in [4.78, 5) is 16.4. The van der Waals surface area contributed by atoms with E-state index in [1.165, 1.54) is 22.5 Å². The Hall–Kier alpha value is -1.68. The maximum atomic E-state index is 11.4. The van der Waals surface area contributed by atoms with Gasteiger partial charge in [0.05, 0.1) is 5.69 Å². The zero-order chi connectivity index (χ0) is 15.7. The molecule has 4 heteroatoms. The Bertz CT molecular complexity index is 686. The number of hydrogen-bond acceptors (Lipinski definition) is 3. The van der Waals surface area contributed by atoms with Crippen molar-refractivity contribution in [3.8, 4) is 10.6 Å². The van der Waals surface area contributed by atoms with E-state index in [2.05, 4.69) is 44.8 Å². The molecule has 0 unspecified atom stereocenters. The molecule has 0 saturated carbocycles. The van der Waals surface area contributed by atoms with Crippen LogP contribution in [0, 0.1) is 26.7 Å². The molecule has 112 valence electrons. The fourth-order valence-electron chi connectivity index (χ4n) is 2.35. The number of aromatic nitrogens is 1. The summed E-state index contributed by atoms with van der Waals surface area (Å²) in [7, 11) is 0. The summed E-state index contributed by atoms with van der Waals surface area (Å²) in [5.41, 5.74) is 5.33. The zero-order valence-electron chi connectivity index (χ0n) is 13.2. The molecular weight excluding hydrogens is 282 g/mol. The number of nitrogens with zero attached hydrogens (tertiary/aromatic N) is 1. The Morgan fingerprint density at radius 1 is 1.19 bits per heavy atom. The van der Waals surface area contributed by atoms with Crippen molar-refractivity contribution in [3.63, 3.8) is 0 Å². The SMILES string of the molecule is Cc1cc(C)c(-c2nc(CC(C)C)c(C(=O)O)s2)cc1C. The van der Waals surface area contributed by atoms with Gasteiger partial charge in [-0.25, -0.2) is 9.78 Å². The fraction of sp³-hybridized carbons (Fsp3) is 0.412. The van der Waals surface area contributed by atoms with Gasteiger partial charge in [0.2, 0.25) is 0 Å². The molecule has 1 heterocycles. The monoisotopic (exact) mass is 303 g/mol. The van der Waals surface area contributed by atoms with Crippen molar-refractivity contribution >= 4 is 17.3 Å². The molecule has 0 bridgehead atoms. The van der Waals surface area contributed by atoms with Crippen molar-refractivity contribution in [1.82, 2.24) is 4.98 Å². The minimum Gasteiger partial charge on any atom is -0.477 e. The quantitative estimate of drug-likeness (QED) is 0.895. The number of benzene rings is 1. The number of carbonyl (C=O) groups is 1. The molecule has 0 saturated heterocycles. The predicted molar refractivity (Wildman–Crippen MR) is 87.3 cm³/mol. The highest BCUT2D eigenvalue weighted by Gasteiger charge is 2.20. The minimum absolute atomic E-state index is 0.372. The van der Waals surface area contributed by atoms with Crippen LogP contribution in [-0.2, 0) is 6.42 Å². The van der Waals surface area contributed by atoms with Crippen molar-refractivity contribution in [2.24, 2.45) is 5.92 Å². The van der Waals surface area contributed by atoms with E-state index in [-0.39, 0.29) is 0 Å². The molecule has 0 aliphatic carbocycles. The van der Waals surface area contributed by atoms with Crippen LogP contribution in [0.2, 0.25) is 0 Å². The fourth-order valence-corrected chi connectivity index (χ4v) is 3.36. The van der Waals surface area contributed by atoms with Crippen LogP contribution in [-0.4, -0.2) is 16.1 Å². The molecule has 1 N–H and O–H groups in total. The number of rotatable bonds is 4. The molecule has 21 heavy (non-hydrogen) atoms. The van der Waals surface area contributed by atoms with E-state index in [9.17, 15) is 9.90 Å². The highest BCUT2D eigenvalue weighted by molar-refractivity contribution is 7.17. The third-order valence-electron chi connectivity index (χ3n) is 3.56. The molecule has 2 rings (SSSR count). The van der Waals surface area contributed by atoms with Gasteiger partial charge in [0, 0.05) is 5.56 Å². The van der Waals surface area contributed by atoms with E-state index in [1.54, 1.807) is 0 Å². The lowest BCUT2D eigenvalue weighted by molar-refractivity contribution is 0.0700. The standard InChI is InChI=1S/C17H21NO2S/c1-9(2)6-14-15(17(19)20)21-16(18-14)13-8-11(4)10(3)7-12(13)5/h7-9H,6H2,1-5H3,(H,19,20). The lowest BCUT2D eigenvalue weighted by Crippen LogP contribution is -2.02. The first-order valence-electron chi connectivity index (χ1n) is 7.10. The third-order valence-corrected chi connectivity index (χ3v) is 4.68. The van der Waals surface area contributed by atoms with Crippen LogP contribution in [0.5, 0.6) is 0 Å². The molecular formula is C17H21NO2S. The molecule has 0 atom stereocenters. The van der Waals surface area contributed by atoms with Crippen LogP contribution in [0.1, 0.15) is 45.9 Å². The van der Waals surface area contributed by atoms with Gasteiger partial charge < -0.3 is 5.11 Å². The van der Waals surface area contributed by atoms with Gasteiger partial charge in [-0.2, -0.15) is 0 Å². The summed E-state index contributed by atoms with van der Waals surface area (Å²) in [5, 5.41) is 10.2.